The lowest BCUT2D eigenvalue weighted by molar-refractivity contribution is -0.136. The third kappa shape index (κ3) is 2.31. The van der Waals surface area contributed by atoms with E-state index in [0.717, 1.165) is 0 Å². The van der Waals surface area contributed by atoms with Gasteiger partial charge in [-0.2, -0.15) is 13.2 Å². The van der Waals surface area contributed by atoms with Crippen LogP contribution in [0.15, 0.2) is 54.6 Å². The molecule has 0 unspecified atom stereocenters. The number of ketones is 1. The molecule has 0 radical (unpaired) electrons. The van der Waals surface area contributed by atoms with E-state index in [4.69, 9.17) is 0 Å². The zero-order valence-corrected chi connectivity index (χ0v) is 10.7. The van der Waals surface area contributed by atoms with Crippen molar-refractivity contribution in [3.05, 3.63) is 71.4 Å². The summed E-state index contributed by atoms with van der Waals surface area (Å²) in [7, 11) is 0. The first-order valence-corrected chi connectivity index (χ1v) is 6.26. The Morgan fingerprint density at radius 2 is 1.52 bits per heavy atom. The van der Waals surface area contributed by atoms with Gasteiger partial charge in [0.15, 0.2) is 0 Å². The van der Waals surface area contributed by atoms with Gasteiger partial charge >= 0.3 is 6.18 Å². The van der Waals surface area contributed by atoms with Gasteiger partial charge in [0.25, 0.3) is 0 Å². The van der Waals surface area contributed by atoms with Crippen LogP contribution in [0.3, 0.4) is 0 Å². The van der Waals surface area contributed by atoms with Crippen molar-refractivity contribution in [3.63, 3.8) is 0 Å². The molecule has 2 aromatic carbocycles. The summed E-state index contributed by atoms with van der Waals surface area (Å²) < 4.78 is 39.9. The lowest BCUT2D eigenvalue weighted by Gasteiger charge is -2.08. The van der Waals surface area contributed by atoms with E-state index >= 15 is 0 Å². The molecule has 21 heavy (non-hydrogen) atoms. The summed E-state index contributed by atoms with van der Waals surface area (Å²) in [6.07, 6.45) is -4.60. The molecule has 106 valence electrons. The van der Waals surface area contributed by atoms with Crippen LogP contribution >= 0.6 is 0 Å². The highest BCUT2D eigenvalue weighted by Crippen LogP contribution is 2.38. The molecule has 0 atom stereocenters. The maximum atomic E-state index is 13.3. The van der Waals surface area contributed by atoms with Crippen LogP contribution in [0.2, 0.25) is 0 Å². The van der Waals surface area contributed by atoms with Crippen molar-refractivity contribution in [2.75, 3.05) is 0 Å². The molecule has 0 aliphatic carbocycles. The van der Waals surface area contributed by atoms with E-state index in [-0.39, 0.29) is 10.9 Å². The van der Waals surface area contributed by atoms with E-state index in [9.17, 15) is 18.0 Å². The van der Waals surface area contributed by atoms with Crippen LogP contribution in [0.4, 0.5) is 13.2 Å². The predicted octanol–water partition coefficient (Wildman–Crippen LogP) is 4.42. The van der Waals surface area contributed by atoms with Crippen LogP contribution in [0.1, 0.15) is 21.6 Å². The normalized spacial score (nSPS) is 11.8. The fourth-order valence-electron chi connectivity index (χ4n) is 2.34. The third-order valence-corrected chi connectivity index (χ3v) is 3.25. The van der Waals surface area contributed by atoms with Gasteiger partial charge in [0, 0.05) is 16.5 Å². The topological polar surface area (TPSA) is 32.9 Å². The number of carbonyl (C=O) groups is 1. The number of nitrogens with one attached hydrogen (secondary N) is 1. The maximum Gasteiger partial charge on any atom is 0.419 e. The summed E-state index contributed by atoms with van der Waals surface area (Å²) >= 11 is 0. The monoisotopic (exact) mass is 289 g/mol. The average Bonchev–Trinajstić information content (AvgIpc) is 2.86. The minimum atomic E-state index is -4.60. The van der Waals surface area contributed by atoms with Gasteiger partial charge in [-0.3, -0.25) is 4.79 Å². The Hall–Kier alpha value is -2.56. The van der Waals surface area contributed by atoms with Gasteiger partial charge in [-0.1, -0.05) is 48.5 Å². The maximum absolute atomic E-state index is 13.3. The van der Waals surface area contributed by atoms with Crippen LogP contribution in [-0.4, -0.2) is 10.8 Å². The zero-order valence-electron chi connectivity index (χ0n) is 10.7. The summed E-state index contributed by atoms with van der Waals surface area (Å²) in [5, 5.41) is 0.00396. The first-order chi connectivity index (χ1) is 9.98. The molecule has 1 N–H and O–H groups in total. The first kappa shape index (κ1) is 13.4. The first-order valence-electron chi connectivity index (χ1n) is 6.26. The van der Waals surface area contributed by atoms with Crippen molar-refractivity contribution in [1.82, 2.24) is 4.98 Å². The summed E-state index contributed by atoms with van der Waals surface area (Å²) in [5.41, 5.74) is -0.819. The summed E-state index contributed by atoms with van der Waals surface area (Å²) in [6.45, 7) is 0. The number of para-hydroxylation sites is 1. The molecule has 0 saturated heterocycles. The molecule has 0 bridgehead atoms. The minimum Gasteiger partial charge on any atom is -0.351 e. The number of hydrogen-bond acceptors (Lipinski definition) is 1. The number of H-pyrrole nitrogens is 1. The highest BCUT2D eigenvalue weighted by Gasteiger charge is 2.39. The summed E-state index contributed by atoms with van der Waals surface area (Å²) in [6, 6.07) is 13.9. The number of rotatable bonds is 2. The predicted molar refractivity (Wildman–Crippen MR) is 73.2 cm³/mol. The number of aromatic nitrogens is 1. The van der Waals surface area contributed by atoms with Crippen molar-refractivity contribution in [2.45, 2.75) is 6.18 Å². The highest BCUT2D eigenvalue weighted by atomic mass is 19.4. The summed E-state index contributed by atoms with van der Waals surface area (Å²) in [5.74, 6) is -0.667. The van der Waals surface area contributed by atoms with Crippen LogP contribution in [0.5, 0.6) is 0 Å². The largest absolute Gasteiger partial charge is 0.419 e. The number of halogens is 3. The fraction of sp³-hybridized carbons (Fsp3) is 0.0625. The molecule has 0 spiro atoms. The Balaban J connectivity index is 2.25. The second-order valence-corrected chi connectivity index (χ2v) is 4.61. The Kier molecular flexibility index (Phi) is 3.05. The lowest BCUT2D eigenvalue weighted by Crippen LogP contribution is -2.12. The fourth-order valence-corrected chi connectivity index (χ4v) is 2.34. The Bertz CT molecular complexity index is 803. The van der Waals surface area contributed by atoms with Gasteiger partial charge in [0.1, 0.15) is 5.69 Å². The van der Waals surface area contributed by atoms with Crippen molar-refractivity contribution >= 4 is 16.7 Å². The molecule has 3 aromatic rings. The van der Waals surface area contributed by atoms with Crippen molar-refractivity contribution in [3.8, 4) is 0 Å². The second kappa shape index (κ2) is 4.77. The van der Waals surface area contributed by atoms with Crippen LogP contribution < -0.4 is 0 Å². The quantitative estimate of drug-likeness (QED) is 0.696. The third-order valence-electron chi connectivity index (χ3n) is 3.25. The van der Waals surface area contributed by atoms with E-state index in [0.29, 0.717) is 5.52 Å². The second-order valence-electron chi connectivity index (χ2n) is 4.61. The van der Waals surface area contributed by atoms with Gasteiger partial charge in [0.05, 0.1) is 5.56 Å². The number of hydrogen-bond donors (Lipinski definition) is 1. The average molecular weight is 289 g/mol. The van der Waals surface area contributed by atoms with Gasteiger partial charge in [-0.25, -0.2) is 0 Å². The minimum absolute atomic E-state index is 0.00396. The number of alkyl halides is 3. The van der Waals surface area contributed by atoms with Crippen molar-refractivity contribution in [1.29, 1.82) is 0 Å². The number of aromatic amines is 1. The highest BCUT2D eigenvalue weighted by molar-refractivity contribution is 6.12. The molecule has 0 fully saturated rings. The smallest absolute Gasteiger partial charge is 0.351 e. The molecule has 0 amide bonds. The Labute approximate surface area is 118 Å². The Morgan fingerprint density at radius 3 is 2.19 bits per heavy atom. The van der Waals surface area contributed by atoms with E-state index < -0.39 is 23.2 Å². The Morgan fingerprint density at radius 1 is 0.905 bits per heavy atom. The summed E-state index contributed by atoms with van der Waals surface area (Å²) in [4.78, 5) is 15.0. The molecule has 0 saturated carbocycles. The molecule has 2 nitrogen and oxygen atoms in total. The van der Waals surface area contributed by atoms with Gasteiger partial charge in [-0.15, -0.1) is 0 Å². The van der Waals surface area contributed by atoms with Crippen LogP contribution in [0, 0.1) is 0 Å². The molecule has 1 aromatic heterocycles. The standard InChI is InChI=1S/C16H10F3NO/c17-16(18,19)13-11-8-4-5-9-12(11)20-14(13)15(21)10-6-2-1-3-7-10/h1-9,20H. The molecule has 0 aliphatic rings. The lowest BCUT2D eigenvalue weighted by atomic mass is 10.0. The molecular formula is C16H10F3NO. The van der Waals surface area contributed by atoms with E-state index in [1.807, 2.05) is 0 Å². The van der Waals surface area contributed by atoms with Gasteiger partial charge in [-0.05, 0) is 6.07 Å². The molecule has 1 heterocycles. The number of fused-ring (bicyclic) bond motifs is 1. The SMILES string of the molecule is O=C(c1ccccc1)c1[nH]c2ccccc2c1C(F)(F)F. The van der Waals surface area contributed by atoms with E-state index in [1.54, 1.807) is 24.3 Å². The van der Waals surface area contributed by atoms with Crippen LogP contribution in [0.25, 0.3) is 10.9 Å². The number of benzene rings is 2. The number of carbonyl (C=O) groups excluding carboxylic acids is 1. The van der Waals surface area contributed by atoms with Crippen molar-refractivity contribution < 1.29 is 18.0 Å². The van der Waals surface area contributed by atoms with Gasteiger partial charge < -0.3 is 4.98 Å². The van der Waals surface area contributed by atoms with Crippen molar-refractivity contribution in [2.24, 2.45) is 0 Å². The van der Waals surface area contributed by atoms with E-state index in [2.05, 4.69) is 4.98 Å². The molecule has 3 rings (SSSR count). The van der Waals surface area contributed by atoms with Crippen LogP contribution in [-0.2, 0) is 6.18 Å². The van der Waals surface area contributed by atoms with E-state index in [1.165, 1.54) is 30.3 Å². The van der Waals surface area contributed by atoms with Gasteiger partial charge in [0.2, 0.25) is 5.78 Å². The molecular weight excluding hydrogens is 279 g/mol. The molecule has 5 heteroatoms. The zero-order chi connectivity index (χ0) is 15.0. The molecule has 0 aliphatic heterocycles.